The molecule has 1 aromatic rings. The summed E-state index contributed by atoms with van der Waals surface area (Å²) >= 11 is 0. The molecule has 0 amide bonds. The maximum absolute atomic E-state index is 12.4. The summed E-state index contributed by atoms with van der Waals surface area (Å²) in [5.41, 5.74) is 1.20. The molecular formula is C21H32N2O2. The largest absolute Gasteiger partial charge is 0.492 e. The molecule has 2 fully saturated rings. The van der Waals surface area contributed by atoms with Crippen molar-refractivity contribution < 1.29 is 9.53 Å². The Balaban J connectivity index is 1.45. The van der Waals surface area contributed by atoms with Gasteiger partial charge >= 0.3 is 0 Å². The van der Waals surface area contributed by atoms with E-state index < -0.39 is 0 Å². The molecule has 1 saturated heterocycles. The minimum absolute atomic E-state index is 0.355. The Hall–Kier alpha value is -1.55. The Bertz CT molecular complexity index is 547. The third kappa shape index (κ3) is 4.97. The van der Waals surface area contributed by atoms with E-state index in [4.69, 9.17) is 4.74 Å². The first-order valence-corrected chi connectivity index (χ1v) is 9.99. The molecule has 1 heterocycles. The highest BCUT2D eigenvalue weighted by Crippen LogP contribution is 2.29. The predicted octanol–water partition coefficient (Wildman–Crippen LogP) is 3.75. The average Bonchev–Trinajstić information content (AvgIpc) is 2.68. The molecule has 1 aliphatic heterocycles. The van der Waals surface area contributed by atoms with Crippen molar-refractivity contribution in [3.8, 4) is 5.75 Å². The van der Waals surface area contributed by atoms with E-state index in [0.29, 0.717) is 18.3 Å². The van der Waals surface area contributed by atoms with Gasteiger partial charge in [0.25, 0.3) is 0 Å². The maximum atomic E-state index is 12.4. The summed E-state index contributed by atoms with van der Waals surface area (Å²) in [5.74, 6) is 1.84. The Labute approximate surface area is 152 Å². The number of carbonyl (C=O) groups excluding carboxylic acids is 1. The lowest BCUT2D eigenvalue weighted by atomic mass is 9.85. The number of carbonyl (C=O) groups is 1. The van der Waals surface area contributed by atoms with Gasteiger partial charge in [-0.05, 0) is 31.9 Å². The predicted molar refractivity (Wildman–Crippen MR) is 102 cm³/mol. The molecule has 1 aliphatic carbocycles. The van der Waals surface area contributed by atoms with Crippen molar-refractivity contribution in [2.24, 2.45) is 5.92 Å². The van der Waals surface area contributed by atoms with Crippen molar-refractivity contribution in [1.82, 2.24) is 4.90 Å². The van der Waals surface area contributed by atoms with E-state index in [2.05, 4.69) is 21.9 Å². The molecule has 2 aliphatic rings. The zero-order valence-electron chi connectivity index (χ0n) is 15.6. The maximum Gasteiger partial charge on any atom is 0.142 e. The zero-order valence-corrected chi connectivity index (χ0v) is 15.6. The third-order valence-electron chi connectivity index (χ3n) is 5.61. The summed E-state index contributed by atoms with van der Waals surface area (Å²) in [6.45, 7) is 7.70. The van der Waals surface area contributed by atoms with E-state index in [9.17, 15) is 4.79 Å². The molecule has 0 unspecified atom stereocenters. The highest BCUT2D eigenvalue weighted by atomic mass is 16.5. The van der Waals surface area contributed by atoms with Crippen LogP contribution in [0.1, 0.15) is 45.4 Å². The lowest BCUT2D eigenvalue weighted by Gasteiger charge is -2.36. The van der Waals surface area contributed by atoms with Crippen LogP contribution in [-0.2, 0) is 4.79 Å². The fourth-order valence-electron chi connectivity index (χ4n) is 4.11. The molecule has 0 bridgehead atoms. The molecule has 0 spiro atoms. The van der Waals surface area contributed by atoms with Crippen molar-refractivity contribution in [3.05, 3.63) is 24.3 Å². The van der Waals surface area contributed by atoms with Gasteiger partial charge in [-0.25, -0.2) is 0 Å². The smallest absolute Gasteiger partial charge is 0.142 e. The molecule has 0 aromatic heterocycles. The third-order valence-corrected chi connectivity index (χ3v) is 5.61. The second-order valence-corrected chi connectivity index (χ2v) is 7.28. The summed E-state index contributed by atoms with van der Waals surface area (Å²) in [6, 6.07) is 8.30. The molecule has 0 N–H and O–H groups in total. The molecule has 0 atom stereocenters. The van der Waals surface area contributed by atoms with Crippen LogP contribution in [0.2, 0.25) is 0 Å². The van der Waals surface area contributed by atoms with Gasteiger partial charge in [0.15, 0.2) is 0 Å². The first kappa shape index (κ1) is 18.2. The van der Waals surface area contributed by atoms with Gasteiger partial charge in [0, 0.05) is 45.1 Å². The monoisotopic (exact) mass is 344 g/mol. The first-order valence-electron chi connectivity index (χ1n) is 9.99. The number of hydrogen-bond donors (Lipinski definition) is 0. The summed E-state index contributed by atoms with van der Waals surface area (Å²) in [6.07, 6.45) is 6.79. The van der Waals surface area contributed by atoms with Gasteiger partial charge in [-0.3, -0.25) is 9.69 Å². The Morgan fingerprint density at radius 3 is 2.52 bits per heavy atom. The van der Waals surface area contributed by atoms with E-state index in [1.807, 2.05) is 19.1 Å². The normalized spacial score (nSPS) is 19.8. The van der Waals surface area contributed by atoms with Gasteiger partial charge in [-0.2, -0.15) is 0 Å². The number of para-hydroxylation sites is 2. The minimum Gasteiger partial charge on any atom is -0.492 e. The van der Waals surface area contributed by atoms with Crippen LogP contribution >= 0.6 is 0 Å². The molecule has 1 saturated carbocycles. The minimum atomic E-state index is 0.355. The highest BCUT2D eigenvalue weighted by molar-refractivity contribution is 5.81. The first-order chi connectivity index (χ1) is 12.3. The Morgan fingerprint density at radius 2 is 1.80 bits per heavy atom. The molecule has 4 nitrogen and oxygen atoms in total. The van der Waals surface area contributed by atoms with Crippen LogP contribution in [0.25, 0.3) is 0 Å². The van der Waals surface area contributed by atoms with Crippen molar-refractivity contribution in [2.45, 2.75) is 45.4 Å². The molecule has 3 rings (SSSR count). The Morgan fingerprint density at radius 1 is 1.08 bits per heavy atom. The second kappa shape index (κ2) is 9.23. The molecule has 1 aromatic carbocycles. The second-order valence-electron chi connectivity index (χ2n) is 7.28. The number of anilines is 1. The van der Waals surface area contributed by atoms with Gasteiger partial charge in [-0.15, -0.1) is 0 Å². The van der Waals surface area contributed by atoms with Crippen LogP contribution in [0.3, 0.4) is 0 Å². The molecule has 0 radical (unpaired) electrons. The van der Waals surface area contributed by atoms with E-state index in [-0.39, 0.29) is 0 Å². The van der Waals surface area contributed by atoms with Crippen LogP contribution in [0.4, 0.5) is 5.69 Å². The lowest BCUT2D eigenvalue weighted by Crippen LogP contribution is -2.47. The topological polar surface area (TPSA) is 32.8 Å². The van der Waals surface area contributed by atoms with E-state index in [1.54, 1.807) is 0 Å². The number of benzene rings is 1. The SMILES string of the molecule is CCOc1ccccc1N1CCN(CCC(=O)C2CCCCC2)CC1. The number of piperazine rings is 1. The van der Waals surface area contributed by atoms with Crippen molar-refractivity contribution in [2.75, 3.05) is 44.2 Å². The number of rotatable bonds is 7. The number of hydrogen-bond acceptors (Lipinski definition) is 4. The van der Waals surface area contributed by atoms with Crippen molar-refractivity contribution in [3.63, 3.8) is 0 Å². The molecule has 25 heavy (non-hydrogen) atoms. The lowest BCUT2D eigenvalue weighted by molar-refractivity contribution is -0.124. The molecular weight excluding hydrogens is 312 g/mol. The zero-order chi connectivity index (χ0) is 17.5. The van der Waals surface area contributed by atoms with Gasteiger partial charge in [0.05, 0.1) is 12.3 Å². The van der Waals surface area contributed by atoms with Crippen LogP contribution in [0, 0.1) is 5.92 Å². The summed E-state index contributed by atoms with van der Waals surface area (Å²) < 4.78 is 5.76. The standard InChI is InChI=1S/C21H32N2O2/c1-2-25-21-11-7-6-10-19(21)23-16-14-22(15-17-23)13-12-20(24)18-8-4-3-5-9-18/h6-7,10-11,18H,2-5,8-9,12-17H2,1H3. The van der Waals surface area contributed by atoms with E-state index >= 15 is 0 Å². The summed E-state index contributed by atoms with van der Waals surface area (Å²) in [5, 5.41) is 0. The van der Waals surface area contributed by atoms with Crippen LogP contribution in [-0.4, -0.2) is 50.0 Å². The number of nitrogens with zero attached hydrogens (tertiary/aromatic N) is 2. The van der Waals surface area contributed by atoms with Gasteiger partial charge in [-0.1, -0.05) is 31.4 Å². The number of ether oxygens (including phenoxy) is 1. The van der Waals surface area contributed by atoms with Gasteiger partial charge in [0.2, 0.25) is 0 Å². The van der Waals surface area contributed by atoms with Crippen LogP contribution < -0.4 is 9.64 Å². The Kier molecular flexibility index (Phi) is 6.74. The highest BCUT2D eigenvalue weighted by Gasteiger charge is 2.23. The van der Waals surface area contributed by atoms with Gasteiger partial charge < -0.3 is 9.64 Å². The fourth-order valence-corrected chi connectivity index (χ4v) is 4.11. The summed E-state index contributed by atoms with van der Waals surface area (Å²) in [7, 11) is 0. The van der Waals surface area contributed by atoms with E-state index in [0.717, 1.165) is 57.7 Å². The number of ketones is 1. The van der Waals surface area contributed by atoms with Gasteiger partial charge in [0.1, 0.15) is 11.5 Å². The van der Waals surface area contributed by atoms with E-state index in [1.165, 1.54) is 24.9 Å². The molecule has 138 valence electrons. The summed E-state index contributed by atoms with van der Waals surface area (Å²) in [4.78, 5) is 17.2. The molecule has 4 heteroatoms. The number of Topliss-reactive ketones (excluding diaryl/α,β-unsaturated/α-hetero) is 1. The van der Waals surface area contributed by atoms with Crippen molar-refractivity contribution in [1.29, 1.82) is 0 Å². The average molecular weight is 344 g/mol. The van der Waals surface area contributed by atoms with Crippen LogP contribution in [0.15, 0.2) is 24.3 Å². The quantitative estimate of drug-likeness (QED) is 0.754. The van der Waals surface area contributed by atoms with Crippen LogP contribution in [0.5, 0.6) is 5.75 Å². The fraction of sp³-hybridized carbons (Fsp3) is 0.667. The van der Waals surface area contributed by atoms with Crippen molar-refractivity contribution >= 4 is 11.5 Å².